The summed E-state index contributed by atoms with van der Waals surface area (Å²) in [5, 5.41) is 9.71. The molecule has 0 aromatic carbocycles. The number of aliphatic hydroxyl groups excluding tert-OH is 1. The molecule has 0 radical (unpaired) electrons. The quantitative estimate of drug-likeness (QED) is 0.644. The van der Waals surface area contributed by atoms with E-state index < -0.39 is 0 Å². The number of aryl methyl sites for hydroxylation is 1. The summed E-state index contributed by atoms with van der Waals surface area (Å²) in [4.78, 5) is 15.5. The van der Waals surface area contributed by atoms with Gasteiger partial charge >= 0.3 is 0 Å². The number of ether oxygens (including phenoxy) is 1. The van der Waals surface area contributed by atoms with Gasteiger partial charge in [-0.25, -0.2) is 0 Å². The standard InChI is InChI=1S/C11H16N2O3S/c1-7-5-13(11(17-2)12-10(7)15)9-4-3-8(6-14)16-9/h5,8-9,14H,3-4,6H2,1-2H3. The maximum Gasteiger partial charge on any atom is 0.276 e. The maximum atomic E-state index is 11.5. The summed E-state index contributed by atoms with van der Waals surface area (Å²) in [6.07, 6.45) is 5.11. The second-order valence-corrected chi connectivity index (χ2v) is 4.87. The Bertz CT molecular complexity index is 461. The highest BCUT2D eigenvalue weighted by Gasteiger charge is 2.27. The Morgan fingerprint density at radius 2 is 2.41 bits per heavy atom. The fourth-order valence-corrected chi connectivity index (χ4v) is 2.49. The number of thioether (sulfide) groups is 1. The lowest BCUT2D eigenvalue weighted by atomic mass is 10.2. The van der Waals surface area contributed by atoms with Crippen molar-refractivity contribution in [1.82, 2.24) is 9.55 Å². The Labute approximate surface area is 104 Å². The molecule has 0 bridgehead atoms. The number of aliphatic hydroxyl groups is 1. The van der Waals surface area contributed by atoms with Gasteiger partial charge in [0.25, 0.3) is 5.56 Å². The first-order chi connectivity index (χ1) is 8.15. The van der Waals surface area contributed by atoms with Crippen LogP contribution in [-0.2, 0) is 4.74 Å². The Morgan fingerprint density at radius 1 is 1.65 bits per heavy atom. The molecule has 1 fully saturated rings. The summed E-state index contributed by atoms with van der Waals surface area (Å²) in [6, 6.07) is 0. The molecule has 1 N–H and O–H groups in total. The molecule has 1 saturated heterocycles. The van der Waals surface area contributed by atoms with E-state index in [0.717, 1.165) is 12.8 Å². The first kappa shape index (κ1) is 12.6. The maximum absolute atomic E-state index is 11.5. The molecule has 1 aromatic rings. The summed E-state index contributed by atoms with van der Waals surface area (Å²) in [6.45, 7) is 1.78. The van der Waals surface area contributed by atoms with E-state index >= 15 is 0 Å². The lowest BCUT2D eigenvalue weighted by Crippen LogP contribution is -2.21. The van der Waals surface area contributed by atoms with E-state index in [9.17, 15) is 4.79 Å². The molecule has 0 saturated carbocycles. The van der Waals surface area contributed by atoms with Crippen molar-refractivity contribution in [2.75, 3.05) is 12.9 Å². The first-order valence-electron chi connectivity index (χ1n) is 5.55. The molecule has 2 rings (SSSR count). The molecule has 1 aliphatic heterocycles. The average molecular weight is 256 g/mol. The van der Waals surface area contributed by atoms with Gasteiger partial charge in [0.15, 0.2) is 5.16 Å². The van der Waals surface area contributed by atoms with Gasteiger partial charge in [-0.1, -0.05) is 11.8 Å². The van der Waals surface area contributed by atoms with Gasteiger partial charge in [-0.3, -0.25) is 4.79 Å². The van der Waals surface area contributed by atoms with Crippen LogP contribution in [0, 0.1) is 6.92 Å². The fourth-order valence-electron chi connectivity index (χ4n) is 1.93. The third kappa shape index (κ3) is 2.53. The van der Waals surface area contributed by atoms with Crippen molar-refractivity contribution < 1.29 is 9.84 Å². The van der Waals surface area contributed by atoms with Crippen LogP contribution in [0.3, 0.4) is 0 Å². The van der Waals surface area contributed by atoms with E-state index in [4.69, 9.17) is 9.84 Å². The summed E-state index contributed by atoms with van der Waals surface area (Å²) in [5.74, 6) is 0. The minimum atomic E-state index is -0.192. The molecule has 2 atom stereocenters. The van der Waals surface area contributed by atoms with Crippen molar-refractivity contribution in [2.45, 2.75) is 37.3 Å². The normalized spacial score (nSPS) is 24.2. The van der Waals surface area contributed by atoms with Crippen molar-refractivity contribution in [1.29, 1.82) is 0 Å². The molecule has 6 heteroatoms. The van der Waals surface area contributed by atoms with Crippen molar-refractivity contribution in [3.8, 4) is 0 Å². The van der Waals surface area contributed by atoms with Gasteiger partial charge in [0.1, 0.15) is 6.23 Å². The molecular weight excluding hydrogens is 240 g/mol. The molecule has 0 aliphatic carbocycles. The molecule has 94 valence electrons. The molecule has 0 spiro atoms. The topological polar surface area (TPSA) is 64.4 Å². The zero-order valence-electron chi connectivity index (χ0n) is 9.92. The van der Waals surface area contributed by atoms with Crippen LogP contribution in [0.15, 0.2) is 16.1 Å². The molecule has 0 amide bonds. The molecule has 1 aliphatic rings. The predicted octanol–water partition coefficient (Wildman–Crippen LogP) is 0.944. The van der Waals surface area contributed by atoms with Crippen molar-refractivity contribution in [3.05, 3.63) is 22.1 Å². The zero-order chi connectivity index (χ0) is 12.4. The summed E-state index contributed by atoms with van der Waals surface area (Å²) in [5.41, 5.74) is 0.418. The lowest BCUT2D eigenvalue weighted by molar-refractivity contribution is -0.0273. The monoisotopic (exact) mass is 256 g/mol. The van der Waals surface area contributed by atoms with E-state index in [-0.39, 0.29) is 24.5 Å². The second-order valence-electron chi connectivity index (χ2n) is 4.10. The van der Waals surface area contributed by atoms with E-state index in [2.05, 4.69) is 4.98 Å². The minimum Gasteiger partial charge on any atom is -0.394 e. The third-order valence-electron chi connectivity index (χ3n) is 2.87. The highest BCUT2D eigenvalue weighted by atomic mass is 32.2. The summed E-state index contributed by atoms with van der Waals surface area (Å²) in [7, 11) is 0. The number of hydrogen-bond donors (Lipinski definition) is 1. The molecule has 2 unspecified atom stereocenters. The van der Waals surface area contributed by atoms with Gasteiger partial charge in [0.2, 0.25) is 0 Å². The van der Waals surface area contributed by atoms with Gasteiger partial charge in [-0.2, -0.15) is 4.98 Å². The van der Waals surface area contributed by atoms with E-state index in [1.165, 1.54) is 11.8 Å². The van der Waals surface area contributed by atoms with Crippen LogP contribution in [0.25, 0.3) is 0 Å². The van der Waals surface area contributed by atoms with E-state index in [1.807, 2.05) is 10.8 Å². The Hall–Kier alpha value is -0.850. The lowest BCUT2D eigenvalue weighted by Gasteiger charge is -2.18. The summed E-state index contributed by atoms with van der Waals surface area (Å²) >= 11 is 1.42. The predicted molar refractivity (Wildman–Crippen MR) is 65.2 cm³/mol. The van der Waals surface area contributed by atoms with Crippen LogP contribution in [0.4, 0.5) is 0 Å². The minimum absolute atomic E-state index is 0.0394. The number of hydrogen-bond acceptors (Lipinski definition) is 5. The summed E-state index contributed by atoms with van der Waals surface area (Å²) < 4.78 is 7.58. The largest absolute Gasteiger partial charge is 0.394 e. The van der Waals surface area contributed by atoms with Crippen molar-refractivity contribution in [2.24, 2.45) is 0 Å². The van der Waals surface area contributed by atoms with Crippen LogP contribution < -0.4 is 5.56 Å². The van der Waals surface area contributed by atoms with Gasteiger partial charge < -0.3 is 14.4 Å². The van der Waals surface area contributed by atoms with Gasteiger partial charge in [-0.05, 0) is 26.0 Å². The van der Waals surface area contributed by atoms with Crippen LogP contribution >= 0.6 is 11.8 Å². The van der Waals surface area contributed by atoms with Crippen LogP contribution in [-0.4, -0.2) is 33.6 Å². The first-order valence-corrected chi connectivity index (χ1v) is 6.78. The van der Waals surface area contributed by atoms with E-state index in [0.29, 0.717) is 10.7 Å². The molecule has 1 aromatic heterocycles. The SMILES string of the molecule is CSc1nc(=O)c(C)cn1C1CCC(CO)O1. The number of rotatable bonds is 3. The Balaban J connectivity index is 2.32. The fraction of sp³-hybridized carbons (Fsp3) is 0.636. The zero-order valence-corrected chi connectivity index (χ0v) is 10.7. The average Bonchev–Trinajstić information content (AvgIpc) is 2.80. The van der Waals surface area contributed by atoms with Gasteiger partial charge in [0.05, 0.1) is 12.7 Å². The Kier molecular flexibility index (Phi) is 3.86. The van der Waals surface area contributed by atoms with Crippen LogP contribution in [0.2, 0.25) is 0 Å². The number of nitrogens with zero attached hydrogens (tertiary/aromatic N) is 2. The third-order valence-corrected chi connectivity index (χ3v) is 3.54. The van der Waals surface area contributed by atoms with Crippen LogP contribution in [0.1, 0.15) is 24.6 Å². The van der Waals surface area contributed by atoms with Gasteiger partial charge in [0, 0.05) is 11.8 Å². The highest BCUT2D eigenvalue weighted by molar-refractivity contribution is 7.98. The highest BCUT2D eigenvalue weighted by Crippen LogP contribution is 2.30. The molecular formula is C11H16N2O3S. The van der Waals surface area contributed by atoms with Crippen molar-refractivity contribution >= 4 is 11.8 Å². The van der Waals surface area contributed by atoms with Gasteiger partial charge in [-0.15, -0.1) is 0 Å². The van der Waals surface area contributed by atoms with Crippen molar-refractivity contribution in [3.63, 3.8) is 0 Å². The second kappa shape index (κ2) is 5.20. The van der Waals surface area contributed by atoms with E-state index in [1.54, 1.807) is 13.1 Å². The molecule has 17 heavy (non-hydrogen) atoms. The smallest absolute Gasteiger partial charge is 0.276 e. The number of aromatic nitrogens is 2. The molecule has 2 heterocycles. The Morgan fingerprint density at radius 3 is 3.00 bits per heavy atom. The van der Waals surface area contributed by atoms with Crippen LogP contribution in [0.5, 0.6) is 0 Å². The molecule has 5 nitrogen and oxygen atoms in total.